The lowest BCUT2D eigenvalue weighted by molar-refractivity contribution is -0.749. The highest BCUT2D eigenvalue weighted by molar-refractivity contribution is 6.09. The molecule has 5 aliphatic heterocycles. The number of hydrogen-bond acceptors (Lipinski definition) is 6. The minimum atomic E-state index is 0.531. The Kier molecular flexibility index (Phi) is 18.3. The molecular weight excluding hydrogens is 1580 g/mol. The Balaban J connectivity index is 0.0000000973. The molecule has 20 heteroatoms. The highest BCUT2D eigenvalue weighted by atomic mass is 16.3. The normalized spacial score (nSPS) is 11.9. The van der Waals surface area contributed by atoms with Crippen LogP contribution in [0.1, 0.15) is 83.5 Å². The van der Waals surface area contributed by atoms with Crippen molar-refractivity contribution >= 4 is 99.2 Å². The van der Waals surface area contributed by atoms with Gasteiger partial charge in [0.2, 0.25) is 53.7 Å². The minimum Gasteiger partial charge on any atom is -0.454 e. The third-order valence-corrected chi connectivity index (χ3v) is 25.7. The predicted octanol–water partition coefficient (Wildman–Crippen LogP) is 21.4. The second kappa shape index (κ2) is 30.4. The number of nitrogens with zero attached hydrogens (tertiary/aromatic N) is 19. The Hall–Kier alpha value is -18.4. The summed E-state index contributed by atoms with van der Waals surface area (Å²) < 4.78 is 27.4. The first-order chi connectivity index (χ1) is 62.7. The van der Waals surface area contributed by atoms with E-state index in [2.05, 4.69) is 248 Å². The van der Waals surface area contributed by atoms with Gasteiger partial charge in [0.05, 0.1) is 116 Å². The topological polar surface area (TPSA) is 194 Å². The van der Waals surface area contributed by atoms with Gasteiger partial charge in [0.15, 0.2) is 44.0 Å². The summed E-state index contributed by atoms with van der Waals surface area (Å²) in [7, 11) is 0. The van der Waals surface area contributed by atoms with E-state index in [0.717, 1.165) is 159 Å². The lowest BCUT2D eigenvalue weighted by atomic mass is 9.92. The molecule has 0 spiro atoms. The summed E-state index contributed by atoms with van der Waals surface area (Å²) in [5.41, 5.74) is 36.7. The first kappa shape index (κ1) is 77.0. The lowest BCUT2D eigenvalue weighted by Crippen LogP contribution is -2.36. The van der Waals surface area contributed by atoms with Gasteiger partial charge in [0, 0.05) is 33.0 Å². The fourth-order valence-corrected chi connectivity index (χ4v) is 19.4. The number of furan rings is 1. The zero-order valence-electron chi connectivity index (χ0n) is 69.9. The monoisotopic (exact) mass is 1650 g/mol. The van der Waals surface area contributed by atoms with Crippen LogP contribution in [0.3, 0.4) is 0 Å². The molecule has 598 valence electrons. The summed E-state index contributed by atoms with van der Waals surface area (Å²) in [6.07, 6.45) is 10.0. The first-order valence-corrected chi connectivity index (χ1v) is 41.6. The van der Waals surface area contributed by atoms with Crippen LogP contribution in [-0.2, 0) is 32.7 Å². The van der Waals surface area contributed by atoms with Crippen LogP contribution >= 0.6 is 0 Å². The Morgan fingerprint density at radius 2 is 0.703 bits per heavy atom. The van der Waals surface area contributed by atoms with E-state index in [0.29, 0.717) is 51.5 Å². The van der Waals surface area contributed by atoms with Crippen LogP contribution in [0.15, 0.2) is 278 Å². The summed E-state index contributed by atoms with van der Waals surface area (Å²) in [5.74, 6) is 0. The highest BCUT2D eigenvalue weighted by Gasteiger charge is 2.39. The Morgan fingerprint density at radius 3 is 1.23 bits per heavy atom. The molecule has 128 heavy (non-hydrogen) atoms. The average Bonchev–Trinajstić information content (AvgIpc) is 1.56. The van der Waals surface area contributed by atoms with Crippen molar-refractivity contribution in [3.8, 4) is 92.2 Å². The van der Waals surface area contributed by atoms with Crippen molar-refractivity contribution in [1.82, 2.24) is 23.4 Å². The molecule has 20 aromatic rings. The SMILES string of the molecule is Cc1c(C)c(C)c2c(c1C)C[n+]1cc3c(C#N)ccc(C)c3n1-2.[C-]#[N+]c1ccc(C#N)c2c[n+]3n(c12)-c1c(ccc2c1oc1ccccc12)C3.[C-]#[N+]c1ccc(C#N)c2c[n+]3n(c12)-c1c(cccc1-c1ccccc1)C3.[C-]#[N+]c1ccc(C#N)c2c[n+]3n(c12)-c1cc(-c2ccccc2)ccc1C3.[C-]#[N+]c1ccc(C#N)c2c[n+]3n(c12)-c1ccc(-c2ccccc2)cc1C3. The number of fused-ring (bicyclic) bond motifs is 29. The van der Waals surface area contributed by atoms with Crippen molar-refractivity contribution in [1.29, 1.82) is 26.3 Å². The summed E-state index contributed by atoms with van der Waals surface area (Å²) in [6, 6.07) is 91.4. The third kappa shape index (κ3) is 11.9. The van der Waals surface area contributed by atoms with E-state index in [4.69, 9.17) is 30.7 Å². The van der Waals surface area contributed by atoms with Crippen LogP contribution in [0.2, 0.25) is 0 Å². The van der Waals surface area contributed by atoms with Gasteiger partial charge in [-0.3, -0.25) is 0 Å². The summed E-state index contributed by atoms with van der Waals surface area (Å²) >= 11 is 0. The molecule has 11 heterocycles. The molecule has 20 nitrogen and oxygen atoms in total. The minimum absolute atomic E-state index is 0.531. The second-order valence-electron chi connectivity index (χ2n) is 32.4. The molecule has 0 aliphatic carbocycles. The van der Waals surface area contributed by atoms with Crippen molar-refractivity contribution in [2.24, 2.45) is 0 Å². The van der Waals surface area contributed by atoms with Gasteiger partial charge in [-0.25, -0.2) is 19.4 Å². The van der Waals surface area contributed by atoms with Gasteiger partial charge in [-0.15, -0.1) is 46.8 Å². The standard InChI is InChI=1S/C22H11N4O.3C22H13N4.C20H20N3/c1-24-18-9-7-13(10-23)17-12-25-11-14-6-8-16-15-4-2-3-5-19(15)27-22(16)20(14)26(25)21(17)18;1-24-20-11-10-16(12-23)19-14-25-13-17-8-5-9-18(15-6-3-2-4-7-15)21(17)26(25)22(19)20;1-24-20-9-7-17(12-23)19-14-25-13-18-11-16(15-5-3-2-4-6-15)8-10-21(18)26(25)22(19)20;1-24-20-10-9-17(12-23)19-14-25-13-18-8-7-16(15-5-3-2-4-6-15)11-21(18)26(25)22(19)20;1-11-6-7-16(8-21)18-10-22-9-17-14(4)12(2)13(3)15(5)20(17)23(22)19(11)18/h2-9,12H,11H2;3*2-11,14H,13H2;6-7,10H,9H2,1-5H3/q5*+1. The number of para-hydroxylation sites is 2. The van der Waals surface area contributed by atoms with Crippen LogP contribution in [0.5, 0.6) is 0 Å². The van der Waals surface area contributed by atoms with E-state index in [-0.39, 0.29) is 0 Å². The molecule has 0 saturated carbocycles. The average molecular weight is 1650 g/mol. The zero-order valence-corrected chi connectivity index (χ0v) is 69.9. The number of rotatable bonds is 3. The van der Waals surface area contributed by atoms with E-state index in [1.807, 2.05) is 108 Å². The van der Waals surface area contributed by atoms with Crippen molar-refractivity contribution in [2.75, 3.05) is 0 Å². The number of nitriles is 5. The number of aromatic nitrogens is 10. The van der Waals surface area contributed by atoms with Gasteiger partial charge in [-0.05, 0) is 139 Å². The molecule has 14 aromatic carbocycles. The van der Waals surface area contributed by atoms with Crippen LogP contribution in [-0.4, -0.2) is 23.4 Å². The molecule has 0 saturated heterocycles. The molecular formula is C108H70N19O+5. The van der Waals surface area contributed by atoms with Crippen molar-refractivity contribution in [2.45, 2.75) is 67.3 Å². The maximum atomic E-state index is 9.49. The van der Waals surface area contributed by atoms with Crippen LogP contribution in [0, 0.1) is 118 Å². The molecule has 0 bridgehead atoms. The maximum absolute atomic E-state index is 9.49. The predicted molar refractivity (Wildman–Crippen MR) is 489 cm³/mol. The molecule has 25 rings (SSSR count). The molecule has 6 aromatic heterocycles. The quantitative estimate of drug-likeness (QED) is 0.125. The van der Waals surface area contributed by atoms with Crippen LogP contribution < -0.4 is 23.4 Å². The van der Waals surface area contributed by atoms with E-state index in [1.54, 1.807) is 48.5 Å². The van der Waals surface area contributed by atoms with Crippen molar-refractivity contribution in [3.05, 3.63) is 403 Å². The van der Waals surface area contributed by atoms with Gasteiger partial charge in [-0.2, -0.15) is 26.3 Å². The number of hydrogen-bond donors (Lipinski definition) is 0. The fourth-order valence-electron chi connectivity index (χ4n) is 19.4. The Bertz CT molecular complexity index is 8720. The fraction of sp³-hybridized carbons (Fsp3) is 0.0926. The third-order valence-electron chi connectivity index (χ3n) is 25.7. The van der Waals surface area contributed by atoms with Gasteiger partial charge < -0.3 is 4.42 Å². The zero-order chi connectivity index (χ0) is 87.6. The second-order valence-corrected chi connectivity index (χ2v) is 32.4. The molecule has 0 unspecified atom stereocenters. The van der Waals surface area contributed by atoms with E-state index in [9.17, 15) is 26.3 Å². The molecule has 0 radical (unpaired) electrons. The molecule has 5 aliphatic rings. The molecule has 0 N–H and O–H groups in total. The van der Waals surface area contributed by atoms with E-state index < -0.39 is 0 Å². The van der Waals surface area contributed by atoms with Gasteiger partial charge in [0.1, 0.15) is 62.0 Å². The number of benzene rings is 14. The molecule has 0 amide bonds. The maximum Gasteiger partial charge on any atom is 0.217 e. The van der Waals surface area contributed by atoms with Gasteiger partial charge in [0.25, 0.3) is 0 Å². The van der Waals surface area contributed by atoms with Crippen molar-refractivity contribution < 1.29 is 27.8 Å². The molecule has 0 fully saturated rings. The Morgan fingerprint density at radius 1 is 0.297 bits per heavy atom. The number of aryl methyl sites for hydroxylation is 1. The van der Waals surface area contributed by atoms with Crippen LogP contribution in [0.25, 0.3) is 158 Å². The van der Waals surface area contributed by atoms with Gasteiger partial charge in [-0.1, -0.05) is 194 Å². The van der Waals surface area contributed by atoms with Gasteiger partial charge >= 0.3 is 0 Å². The smallest absolute Gasteiger partial charge is 0.217 e. The largest absolute Gasteiger partial charge is 0.454 e. The Labute approximate surface area is 734 Å². The molecule has 0 atom stereocenters. The van der Waals surface area contributed by atoms with Crippen molar-refractivity contribution in [3.63, 3.8) is 0 Å². The van der Waals surface area contributed by atoms with E-state index in [1.165, 1.54) is 66.9 Å². The summed E-state index contributed by atoms with van der Waals surface area (Å²) in [6.45, 7) is 44.9. The summed E-state index contributed by atoms with van der Waals surface area (Å²) in [5, 5.41) is 53.7. The summed E-state index contributed by atoms with van der Waals surface area (Å²) in [4.78, 5) is 14.8. The first-order valence-electron chi connectivity index (χ1n) is 41.6. The van der Waals surface area contributed by atoms with E-state index >= 15 is 0 Å². The highest BCUT2D eigenvalue weighted by Crippen LogP contribution is 2.45. The van der Waals surface area contributed by atoms with Crippen LogP contribution in [0.4, 0.5) is 22.7 Å². The lowest BCUT2D eigenvalue weighted by Gasteiger charge is -2.13.